The van der Waals surface area contributed by atoms with Crippen molar-refractivity contribution in [3.8, 4) is 0 Å². The van der Waals surface area contributed by atoms with Crippen molar-refractivity contribution in [1.82, 2.24) is 15.2 Å². The Hall–Kier alpha value is -1.62. The average Bonchev–Trinajstić information content (AvgIpc) is 3.03. The standard InChI is InChI=1S/C16H26N4O/c1-2-7-17-15-13-14(6-9-18-15)16(21)19-8-5-12-20-10-3-4-11-20/h6,9,13H,2-5,7-8,10-12H2,1H3,(H,17,18)(H,19,21). The summed E-state index contributed by atoms with van der Waals surface area (Å²) in [4.78, 5) is 18.8. The molecule has 2 N–H and O–H groups in total. The number of amides is 1. The summed E-state index contributed by atoms with van der Waals surface area (Å²) >= 11 is 0. The van der Waals surface area contributed by atoms with Gasteiger partial charge >= 0.3 is 0 Å². The summed E-state index contributed by atoms with van der Waals surface area (Å²) in [6.07, 6.45) is 6.36. The highest BCUT2D eigenvalue weighted by atomic mass is 16.1. The third-order valence-corrected chi connectivity index (χ3v) is 3.71. The molecule has 1 fully saturated rings. The van der Waals surface area contributed by atoms with Crippen LogP contribution in [-0.4, -0.2) is 48.5 Å². The van der Waals surface area contributed by atoms with E-state index in [1.165, 1.54) is 25.9 Å². The highest BCUT2D eigenvalue weighted by Crippen LogP contribution is 2.08. The third-order valence-electron chi connectivity index (χ3n) is 3.71. The van der Waals surface area contributed by atoms with Crippen LogP contribution in [0.3, 0.4) is 0 Å². The maximum absolute atomic E-state index is 12.1. The molecule has 1 aliphatic rings. The van der Waals surface area contributed by atoms with Gasteiger partial charge in [0.05, 0.1) is 0 Å². The fourth-order valence-corrected chi connectivity index (χ4v) is 2.53. The van der Waals surface area contributed by atoms with Crippen molar-refractivity contribution in [3.05, 3.63) is 23.9 Å². The first-order chi connectivity index (χ1) is 10.3. The van der Waals surface area contributed by atoms with Crippen LogP contribution in [0.15, 0.2) is 18.3 Å². The Balaban J connectivity index is 1.71. The Kier molecular flexibility index (Phi) is 6.47. The Morgan fingerprint density at radius 3 is 2.90 bits per heavy atom. The lowest BCUT2D eigenvalue weighted by Crippen LogP contribution is -2.28. The molecule has 2 heterocycles. The number of aromatic nitrogens is 1. The first kappa shape index (κ1) is 15.8. The fourth-order valence-electron chi connectivity index (χ4n) is 2.53. The highest BCUT2D eigenvalue weighted by molar-refractivity contribution is 5.94. The number of carbonyl (C=O) groups excluding carboxylic acids is 1. The predicted octanol–water partition coefficient (Wildman–Crippen LogP) is 2.12. The van der Waals surface area contributed by atoms with E-state index in [0.717, 1.165) is 38.3 Å². The van der Waals surface area contributed by atoms with Gasteiger partial charge in [-0.25, -0.2) is 4.98 Å². The van der Waals surface area contributed by atoms with E-state index in [4.69, 9.17) is 0 Å². The summed E-state index contributed by atoms with van der Waals surface area (Å²) in [5.41, 5.74) is 0.671. The van der Waals surface area contributed by atoms with Crippen molar-refractivity contribution in [3.63, 3.8) is 0 Å². The van der Waals surface area contributed by atoms with Crippen molar-refractivity contribution in [2.45, 2.75) is 32.6 Å². The highest BCUT2D eigenvalue weighted by Gasteiger charge is 2.11. The normalized spacial score (nSPS) is 15.1. The quantitative estimate of drug-likeness (QED) is 0.720. The molecule has 1 aliphatic heterocycles. The fraction of sp³-hybridized carbons (Fsp3) is 0.625. The van der Waals surface area contributed by atoms with Gasteiger partial charge in [-0.1, -0.05) is 6.92 Å². The van der Waals surface area contributed by atoms with E-state index < -0.39 is 0 Å². The van der Waals surface area contributed by atoms with E-state index in [2.05, 4.69) is 27.4 Å². The third kappa shape index (κ3) is 5.34. The van der Waals surface area contributed by atoms with Crippen LogP contribution in [0.1, 0.15) is 43.0 Å². The summed E-state index contributed by atoms with van der Waals surface area (Å²) in [6.45, 7) is 7.21. The van der Waals surface area contributed by atoms with Gasteiger partial charge in [-0.05, 0) is 57.5 Å². The lowest BCUT2D eigenvalue weighted by Gasteiger charge is -2.14. The van der Waals surface area contributed by atoms with Crippen molar-refractivity contribution >= 4 is 11.7 Å². The van der Waals surface area contributed by atoms with Gasteiger partial charge in [0.2, 0.25) is 0 Å². The van der Waals surface area contributed by atoms with Gasteiger partial charge in [-0.15, -0.1) is 0 Å². The zero-order valence-corrected chi connectivity index (χ0v) is 12.9. The summed E-state index contributed by atoms with van der Waals surface area (Å²) < 4.78 is 0. The average molecular weight is 290 g/mol. The number of rotatable bonds is 8. The van der Waals surface area contributed by atoms with Gasteiger partial charge < -0.3 is 15.5 Å². The molecule has 21 heavy (non-hydrogen) atoms. The van der Waals surface area contributed by atoms with E-state index in [-0.39, 0.29) is 5.91 Å². The van der Waals surface area contributed by atoms with Gasteiger partial charge in [0.25, 0.3) is 5.91 Å². The van der Waals surface area contributed by atoms with E-state index in [1.807, 2.05) is 6.07 Å². The number of pyridine rings is 1. The minimum absolute atomic E-state index is 0.0154. The Morgan fingerprint density at radius 2 is 2.14 bits per heavy atom. The first-order valence-electron chi connectivity index (χ1n) is 8.00. The van der Waals surface area contributed by atoms with Crippen LogP contribution < -0.4 is 10.6 Å². The second kappa shape index (κ2) is 8.62. The van der Waals surface area contributed by atoms with Crippen LogP contribution in [0.25, 0.3) is 0 Å². The molecular formula is C16H26N4O. The molecule has 1 amide bonds. The van der Waals surface area contributed by atoms with E-state index in [0.29, 0.717) is 5.56 Å². The van der Waals surface area contributed by atoms with Crippen LogP contribution in [0.5, 0.6) is 0 Å². The molecule has 0 radical (unpaired) electrons. The molecule has 0 aliphatic carbocycles. The second-order valence-corrected chi connectivity index (χ2v) is 5.51. The van der Waals surface area contributed by atoms with Crippen molar-refractivity contribution < 1.29 is 4.79 Å². The lowest BCUT2D eigenvalue weighted by molar-refractivity contribution is 0.0952. The molecule has 0 atom stereocenters. The number of likely N-dealkylation sites (tertiary alicyclic amines) is 1. The Labute approximate surface area is 127 Å². The van der Waals surface area contributed by atoms with Crippen LogP contribution >= 0.6 is 0 Å². The maximum Gasteiger partial charge on any atom is 0.251 e. The number of anilines is 1. The summed E-state index contributed by atoms with van der Waals surface area (Å²) in [6, 6.07) is 3.57. The molecule has 0 saturated carbocycles. The maximum atomic E-state index is 12.1. The molecular weight excluding hydrogens is 264 g/mol. The number of carbonyl (C=O) groups is 1. The number of hydrogen-bond donors (Lipinski definition) is 2. The first-order valence-corrected chi connectivity index (χ1v) is 8.00. The van der Waals surface area contributed by atoms with Crippen LogP contribution in [0.2, 0.25) is 0 Å². The summed E-state index contributed by atoms with van der Waals surface area (Å²) in [5, 5.41) is 6.18. The van der Waals surface area contributed by atoms with Crippen molar-refractivity contribution in [1.29, 1.82) is 0 Å². The van der Waals surface area contributed by atoms with Crippen molar-refractivity contribution in [2.24, 2.45) is 0 Å². The van der Waals surface area contributed by atoms with Crippen molar-refractivity contribution in [2.75, 3.05) is 38.0 Å². The molecule has 0 aromatic carbocycles. The largest absolute Gasteiger partial charge is 0.370 e. The van der Waals surface area contributed by atoms with Gasteiger partial charge in [0.1, 0.15) is 5.82 Å². The smallest absolute Gasteiger partial charge is 0.251 e. The van der Waals surface area contributed by atoms with Gasteiger partial charge in [0.15, 0.2) is 0 Å². The molecule has 0 unspecified atom stereocenters. The molecule has 2 rings (SSSR count). The number of hydrogen-bond acceptors (Lipinski definition) is 4. The topological polar surface area (TPSA) is 57.3 Å². The molecule has 1 saturated heterocycles. The minimum atomic E-state index is -0.0154. The summed E-state index contributed by atoms with van der Waals surface area (Å²) in [5.74, 6) is 0.750. The molecule has 0 spiro atoms. The monoisotopic (exact) mass is 290 g/mol. The van der Waals surface area contributed by atoms with E-state index in [9.17, 15) is 4.79 Å². The predicted molar refractivity (Wildman–Crippen MR) is 85.6 cm³/mol. The molecule has 5 heteroatoms. The zero-order chi connectivity index (χ0) is 14.9. The van der Waals surface area contributed by atoms with Crippen LogP contribution in [0.4, 0.5) is 5.82 Å². The lowest BCUT2D eigenvalue weighted by atomic mass is 10.2. The number of nitrogens with one attached hydrogen (secondary N) is 2. The molecule has 1 aromatic rings. The van der Waals surface area contributed by atoms with Crippen LogP contribution in [0, 0.1) is 0 Å². The van der Waals surface area contributed by atoms with Gasteiger partial charge in [-0.3, -0.25) is 4.79 Å². The van der Waals surface area contributed by atoms with E-state index in [1.54, 1.807) is 12.3 Å². The number of nitrogens with zero attached hydrogens (tertiary/aromatic N) is 2. The Morgan fingerprint density at radius 1 is 1.33 bits per heavy atom. The second-order valence-electron chi connectivity index (χ2n) is 5.51. The SMILES string of the molecule is CCCNc1cc(C(=O)NCCCN2CCCC2)ccn1. The zero-order valence-electron chi connectivity index (χ0n) is 12.9. The molecule has 0 bridgehead atoms. The van der Waals surface area contributed by atoms with Gasteiger partial charge in [-0.2, -0.15) is 0 Å². The van der Waals surface area contributed by atoms with Gasteiger partial charge in [0, 0.05) is 24.8 Å². The Bertz CT molecular complexity index is 444. The molecule has 1 aromatic heterocycles. The molecule has 5 nitrogen and oxygen atoms in total. The molecule has 116 valence electrons. The minimum Gasteiger partial charge on any atom is -0.370 e. The van der Waals surface area contributed by atoms with E-state index >= 15 is 0 Å². The summed E-state index contributed by atoms with van der Waals surface area (Å²) in [7, 11) is 0. The van der Waals surface area contributed by atoms with Crippen LogP contribution in [-0.2, 0) is 0 Å².